The molecular weight excluding hydrogens is 671 g/mol. The second kappa shape index (κ2) is 42.7. The highest BCUT2D eigenvalue weighted by Crippen LogP contribution is 2.21. The van der Waals surface area contributed by atoms with Gasteiger partial charge in [0, 0.05) is 19.3 Å². The van der Waals surface area contributed by atoms with E-state index in [0.717, 1.165) is 64.2 Å². The van der Waals surface area contributed by atoms with Crippen molar-refractivity contribution < 1.29 is 23.9 Å². The minimum Gasteiger partial charge on any atom is -0.465 e. The van der Waals surface area contributed by atoms with E-state index in [1.807, 2.05) is 14.1 Å². The predicted molar refractivity (Wildman–Crippen MR) is 231 cm³/mol. The van der Waals surface area contributed by atoms with Crippen LogP contribution in [0.2, 0.25) is 0 Å². The molecule has 0 bridgehead atoms. The molecule has 6 nitrogen and oxygen atoms in total. The van der Waals surface area contributed by atoms with E-state index in [1.165, 1.54) is 167 Å². The molecule has 6 heteroatoms. The van der Waals surface area contributed by atoms with Crippen LogP contribution in [-0.2, 0) is 23.9 Å². The third-order valence-corrected chi connectivity index (χ3v) is 11.2. The monoisotopic (exact) mass is 764 g/mol. The summed E-state index contributed by atoms with van der Waals surface area (Å²) in [4.78, 5) is 37.6. The summed E-state index contributed by atoms with van der Waals surface area (Å²) in [6, 6.07) is 0. The Hall–Kier alpha value is -1.43. The molecule has 54 heavy (non-hydrogen) atoms. The van der Waals surface area contributed by atoms with Crippen LogP contribution in [0.3, 0.4) is 0 Å². The lowest BCUT2D eigenvalue weighted by Crippen LogP contribution is -2.20. The van der Waals surface area contributed by atoms with Crippen LogP contribution in [0.25, 0.3) is 0 Å². The summed E-state index contributed by atoms with van der Waals surface area (Å²) in [7, 11) is 4.10. The van der Waals surface area contributed by atoms with Crippen molar-refractivity contribution in [3.63, 3.8) is 0 Å². The number of carbonyl (C=O) groups excluding carboxylic acids is 3. The molecule has 0 fully saturated rings. The maximum atomic E-state index is 12.6. The largest absolute Gasteiger partial charge is 0.465 e. The standard InChI is InChI=1S/C48H93NO5/c1-5-7-9-11-24-30-37-45(36-29-10-8-6-2)44-53-47(51)40-33-27-22-18-15-17-21-26-32-39-46(54-48(52)41-35-42-49(3)4)38-31-25-20-16-13-12-14-19-23-28-34-43-50/h43,45-46H,5-42,44H2,1-4H3. The molecule has 320 valence electrons. The van der Waals surface area contributed by atoms with Gasteiger partial charge in [0.25, 0.3) is 0 Å². The Labute approximate surface area is 336 Å². The van der Waals surface area contributed by atoms with E-state index in [1.54, 1.807) is 0 Å². The molecule has 0 radical (unpaired) electrons. The number of esters is 2. The summed E-state index contributed by atoms with van der Waals surface area (Å²) in [5.74, 6) is 0.539. The predicted octanol–water partition coefficient (Wildman–Crippen LogP) is 14.3. The summed E-state index contributed by atoms with van der Waals surface area (Å²) < 4.78 is 11.8. The van der Waals surface area contributed by atoms with E-state index in [0.29, 0.717) is 31.8 Å². The van der Waals surface area contributed by atoms with E-state index < -0.39 is 0 Å². The van der Waals surface area contributed by atoms with Gasteiger partial charge in [0.2, 0.25) is 0 Å². The third kappa shape index (κ3) is 40.2. The van der Waals surface area contributed by atoms with Crippen LogP contribution in [0.5, 0.6) is 0 Å². The van der Waals surface area contributed by atoms with Crippen molar-refractivity contribution in [1.82, 2.24) is 4.90 Å². The molecule has 0 N–H and O–H groups in total. The minimum atomic E-state index is -0.0197. The molecule has 0 aliphatic rings. The lowest BCUT2D eigenvalue weighted by molar-refractivity contribution is -0.150. The number of aldehydes is 1. The van der Waals surface area contributed by atoms with Crippen LogP contribution in [0.4, 0.5) is 0 Å². The van der Waals surface area contributed by atoms with Crippen molar-refractivity contribution in [1.29, 1.82) is 0 Å². The van der Waals surface area contributed by atoms with Crippen molar-refractivity contribution in [2.45, 2.75) is 258 Å². The average molecular weight is 764 g/mol. The molecule has 0 aromatic rings. The van der Waals surface area contributed by atoms with E-state index in [9.17, 15) is 14.4 Å². The summed E-state index contributed by atoms with van der Waals surface area (Å²) in [5, 5.41) is 0. The Morgan fingerprint density at radius 3 is 1.33 bits per heavy atom. The van der Waals surface area contributed by atoms with Gasteiger partial charge in [-0.25, -0.2) is 0 Å². The SMILES string of the molecule is CCCCCCCCC(CCCCCC)COC(=O)CCCCCCCCCCCC(CCCCCCCCCCCCC=O)OC(=O)CCCN(C)C. The second-order valence-electron chi connectivity index (χ2n) is 17.0. The van der Waals surface area contributed by atoms with Gasteiger partial charge in [0.05, 0.1) is 6.61 Å². The Bertz CT molecular complexity index is 802. The lowest BCUT2D eigenvalue weighted by atomic mass is 9.95. The van der Waals surface area contributed by atoms with E-state index >= 15 is 0 Å². The molecule has 0 rings (SSSR count). The Kier molecular flexibility index (Phi) is 41.6. The zero-order chi connectivity index (χ0) is 39.6. The van der Waals surface area contributed by atoms with Crippen LogP contribution in [0, 0.1) is 5.92 Å². The van der Waals surface area contributed by atoms with Crippen LogP contribution >= 0.6 is 0 Å². The van der Waals surface area contributed by atoms with Gasteiger partial charge < -0.3 is 19.2 Å². The van der Waals surface area contributed by atoms with E-state index in [-0.39, 0.29) is 18.0 Å². The number of hydrogen-bond donors (Lipinski definition) is 0. The Morgan fingerprint density at radius 2 is 0.870 bits per heavy atom. The summed E-state index contributed by atoms with van der Waals surface area (Å²) in [6.45, 7) is 6.09. The first-order valence-corrected chi connectivity index (χ1v) is 23.9. The van der Waals surface area contributed by atoms with Crippen LogP contribution < -0.4 is 0 Å². The fraction of sp³-hybridized carbons (Fsp3) is 0.938. The maximum absolute atomic E-state index is 12.6. The number of rotatable bonds is 44. The Balaban J connectivity index is 4.11. The normalized spacial score (nSPS) is 12.6. The molecule has 0 aliphatic carbocycles. The third-order valence-electron chi connectivity index (χ3n) is 11.2. The van der Waals surface area contributed by atoms with Crippen molar-refractivity contribution in [2.24, 2.45) is 5.92 Å². The average Bonchev–Trinajstić information content (AvgIpc) is 3.15. The topological polar surface area (TPSA) is 72.9 Å². The van der Waals surface area contributed by atoms with Gasteiger partial charge in [-0.2, -0.15) is 0 Å². The highest BCUT2D eigenvalue weighted by molar-refractivity contribution is 5.69. The highest BCUT2D eigenvalue weighted by atomic mass is 16.5. The fourth-order valence-corrected chi connectivity index (χ4v) is 7.61. The molecular formula is C48H93NO5. The first-order chi connectivity index (χ1) is 26.4. The van der Waals surface area contributed by atoms with Gasteiger partial charge in [-0.1, -0.05) is 174 Å². The lowest BCUT2D eigenvalue weighted by Gasteiger charge is -2.18. The van der Waals surface area contributed by atoms with Crippen LogP contribution in [-0.4, -0.2) is 56.5 Å². The number of carbonyl (C=O) groups is 3. The molecule has 0 saturated carbocycles. The number of unbranched alkanes of at least 4 members (excludes halogenated alkanes) is 26. The molecule has 0 aromatic heterocycles. The Morgan fingerprint density at radius 1 is 0.481 bits per heavy atom. The van der Waals surface area contributed by atoms with Crippen molar-refractivity contribution >= 4 is 18.2 Å². The summed E-state index contributed by atoms with van der Waals surface area (Å²) in [6.07, 6.45) is 44.4. The van der Waals surface area contributed by atoms with Crippen LogP contribution in [0.15, 0.2) is 0 Å². The molecule has 0 spiro atoms. The van der Waals surface area contributed by atoms with Crippen molar-refractivity contribution in [2.75, 3.05) is 27.2 Å². The van der Waals surface area contributed by atoms with Crippen molar-refractivity contribution in [3.05, 3.63) is 0 Å². The zero-order valence-electron chi connectivity index (χ0n) is 36.8. The highest BCUT2D eigenvalue weighted by Gasteiger charge is 2.15. The van der Waals surface area contributed by atoms with Crippen LogP contribution in [0.1, 0.15) is 251 Å². The quantitative estimate of drug-likeness (QED) is 0.0349. The summed E-state index contributed by atoms with van der Waals surface area (Å²) in [5.41, 5.74) is 0. The number of hydrogen-bond acceptors (Lipinski definition) is 6. The number of ether oxygens (including phenoxy) is 2. The first-order valence-electron chi connectivity index (χ1n) is 23.9. The molecule has 0 aliphatic heterocycles. The van der Waals surface area contributed by atoms with E-state index in [4.69, 9.17) is 9.47 Å². The first kappa shape index (κ1) is 52.6. The second-order valence-corrected chi connectivity index (χ2v) is 17.0. The summed E-state index contributed by atoms with van der Waals surface area (Å²) >= 11 is 0. The molecule has 0 amide bonds. The molecule has 2 unspecified atom stereocenters. The molecule has 2 atom stereocenters. The maximum Gasteiger partial charge on any atom is 0.306 e. The van der Waals surface area contributed by atoms with Gasteiger partial charge >= 0.3 is 11.9 Å². The molecule has 0 saturated heterocycles. The number of nitrogens with zero attached hydrogens (tertiary/aromatic N) is 1. The smallest absolute Gasteiger partial charge is 0.306 e. The van der Waals surface area contributed by atoms with Gasteiger partial charge in [-0.15, -0.1) is 0 Å². The van der Waals surface area contributed by atoms with Crippen molar-refractivity contribution in [3.8, 4) is 0 Å². The van der Waals surface area contributed by atoms with Gasteiger partial charge in [-0.05, 0) is 84.3 Å². The van der Waals surface area contributed by atoms with Gasteiger partial charge in [0.1, 0.15) is 12.4 Å². The van der Waals surface area contributed by atoms with Gasteiger partial charge in [0.15, 0.2) is 0 Å². The fourth-order valence-electron chi connectivity index (χ4n) is 7.61. The van der Waals surface area contributed by atoms with E-state index in [2.05, 4.69) is 18.7 Å². The van der Waals surface area contributed by atoms with Gasteiger partial charge in [-0.3, -0.25) is 9.59 Å². The molecule has 0 heterocycles. The zero-order valence-corrected chi connectivity index (χ0v) is 36.8. The minimum absolute atomic E-state index is 0.0136. The molecule has 0 aromatic carbocycles.